The summed E-state index contributed by atoms with van der Waals surface area (Å²) < 4.78 is 38.3. The highest BCUT2D eigenvalue weighted by Gasteiger charge is 2.31. The fraction of sp³-hybridized carbons (Fsp3) is 0.273. The molecule has 0 heterocycles. The molecule has 0 saturated heterocycles. The van der Waals surface area contributed by atoms with E-state index in [1.807, 2.05) is 0 Å². The van der Waals surface area contributed by atoms with E-state index in [1.54, 1.807) is 13.8 Å². The molecule has 0 fully saturated rings. The second-order valence-electron chi connectivity index (χ2n) is 3.67. The molecule has 0 saturated carbocycles. The van der Waals surface area contributed by atoms with Crippen molar-refractivity contribution in [2.45, 2.75) is 20.0 Å². The van der Waals surface area contributed by atoms with E-state index in [9.17, 15) is 13.2 Å². The third-order valence-electron chi connectivity index (χ3n) is 2.22. The van der Waals surface area contributed by atoms with Crippen LogP contribution < -0.4 is 4.53 Å². The molecular formula is C11H9Cl2F3N2S. The normalized spacial score (nSPS) is 12.5. The summed E-state index contributed by atoms with van der Waals surface area (Å²) >= 11 is 16.5. The number of anilines is 1. The van der Waals surface area contributed by atoms with Crippen LogP contribution in [0.4, 0.5) is 18.9 Å². The molecule has 0 atom stereocenters. The maximum Gasteiger partial charge on any atom is 0.416 e. The van der Waals surface area contributed by atoms with Gasteiger partial charge in [-0.25, -0.2) is 0 Å². The van der Waals surface area contributed by atoms with Crippen LogP contribution in [0.2, 0.25) is 5.02 Å². The lowest BCUT2D eigenvalue weighted by atomic mass is 10.2. The highest BCUT2D eigenvalue weighted by atomic mass is 35.5. The van der Waals surface area contributed by atoms with E-state index >= 15 is 0 Å². The molecule has 0 bridgehead atoms. The lowest BCUT2D eigenvalue weighted by Crippen LogP contribution is -2.11. The van der Waals surface area contributed by atoms with E-state index in [4.69, 9.17) is 35.6 Å². The minimum Gasteiger partial charge on any atom is -0.171 e. The third-order valence-corrected chi connectivity index (χ3v) is 3.08. The van der Waals surface area contributed by atoms with Gasteiger partial charge < -0.3 is 0 Å². The van der Waals surface area contributed by atoms with Gasteiger partial charge in [0.1, 0.15) is 0 Å². The zero-order valence-electron chi connectivity index (χ0n) is 9.92. The first kappa shape index (κ1) is 16.2. The Balaban J connectivity index is 3.10. The summed E-state index contributed by atoms with van der Waals surface area (Å²) in [6.07, 6.45) is -4.45. The Morgan fingerprint density at radius 1 is 1.32 bits per heavy atom. The van der Waals surface area contributed by atoms with Gasteiger partial charge in [-0.3, -0.25) is 0 Å². The van der Waals surface area contributed by atoms with Crippen molar-refractivity contribution in [1.82, 2.24) is 0 Å². The van der Waals surface area contributed by atoms with Crippen molar-refractivity contribution in [1.29, 1.82) is 0 Å². The predicted octanol–water partition coefficient (Wildman–Crippen LogP) is 5.08. The van der Waals surface area contributed by atoms with Crippen LogP contribution in [0.25, 0.3) is 0 Å². The van der Waals surface area contributed by atoms with Crippen molar-refractivity contribution in [2.75, 3.05) is 4.53 Å². The highest BCUT2D eigenvalue weighted by Crippen LogP contribution is 2.35. The molecule has 104 valence electrons. The topological polar surface area (TPSA) is 15.6 Å². The number of hydrogen-bond acceptors (Lipinski definition) is 3. The summed E-state index contributed by atoms with van der Waals surface area (Å²) in [5.41, 5.74) is -0.231. The first-order valence-corrected chi connectivity index (χ1v) is 6.14. The molecule has 1 aromatic carbocycles. The third kappa shape index (κ3) is 4.33. The Bertz CT molecular complexity index is 529. The molecule has 0 spiro atoms. The Hall–Kier alpha value is -0.850. The SMILES string of the molecule is CC(=S)C(C)=NN(Cl)c1ccc(C(F)(F)F)cc1Cl. The van der Waals surface area contributed by atoms with Crippen LogP contribution in [0.1, 0.15) is 19.4 Å². The largest absolute Gasteiger partial charge is 0.416 e. The summed E-state index contributed by atoms with van der Waals surface area (Å²) in [6, 6.07) is 2.82. The fourth-order valence-electron chi connectivity index (χ4n) is 1.09. The number of hydrazone groups is 1. The molecule has 0 aromatic heterocycles. The average Bonchev–Trinajstić information content (AvgIpc) is 2.27. The molecule has 19 heavy (non-hydrogen) atoms. The smallest absolute Gasteiger partial charge is 0.171 e. The van der Waals surface area contributed by atoms with E-state index in [0.29, 0.717) is 10.6 Å². The molecule has 1 rings (SSSR count). The quantitative estimate of drug-likeness (QED) is 0.332. The summed E-state index contributed by atoms with van der Waals surface area (Å²) in [5, 5.41) is 3.76. The van der Waals surface area contributed by atoms with Crippen molar-refractivity contribution in [3.63, 3.8) is 0 Å². The molecule has 0 aliphatic heterocycles. The number of alkyl halides is 3. The Morgan fingerprint density at radius 2 is 1.89 bits per heavy atom. The van der Waals surface area contributed by atoms with E-state index in [0.717, 1.165) is 22.7 Å². The first-order chi connectivity index (χ1) is 8.62. The molecule has 0 N–H and O–H groups in total. The minimum atomic E-state index is -4.45. The summed E-state index contributed by atoms with van der Waals surface area (Å²) in [4.78, 5) is 0.522. The number of hydrogen-bond donors (Lipinski definition) is 0. The first-order valence-electron chi connectivity index (χ1n) is 5.01. The van der Waals surface area contributed by atoms with Crippen LogP contribution in [0.3, 0.4) is 0 Å². The zero-order valence-corrected chi connectivity index (χ0v) is 12.3. The monoisotopic (exact) mass is 328 g/mol. The second kappa shape index (κ2) is 6.07. The Labute approximate surface area is 123 Å². The fourth-order valence-corrected chi connectivity index (χ4v) is 1.69. The number of rotatable bonds is 3. The number of halogens is 5. The van der Waals surface area contributed by atoms with Gasteiger partial charge in [-0.1, -0.05) is 23.8 Å². The van der Waals surface area contributed by atoms with Crippen LogP contribution in [0, 0.1) is 0 Å². The Kier molecular flexibility index (Phi) is 5.18. The van der Waals surface area contributed by atoms with Gasteiger partial charge in [-0.15, -0.1) is 0 Å². The zero-order chi connectivity index (χ0) is 14.8. The molecule has 0 aliphatic rings. The molecule has 0 aliphatic carbocycles. The lowest BCUT2D eigenvalue weighted by Gasteiger charge is -2.14. The van der Waals surface area contributed by atoms with Crippen LogP contribution in [-0.4, -0.2) is 10.6 Å². The van der Waals surface area contributed by atoms with E-state index in [-0.39, 0.29) is 10.7 Å². The predicted molar refractivity (Wildman–Crippen MR) is 76.2 cm³/mol. The van der Waals surface area contributed by atoms with Gasteiger partial charge in [0.25, 0.3) is 0 Å². The van der Waals surface area contributed by atoms with Crippen molar-refractivity contribution in [3.05, 3.63) is 28.8 Å². The van der Waals surface area contributed by atoms with Crippen LogP contribution in [0.15, 0.2) is 23.3 Å². The van der Waals surface area contributed by atoms with Crippen molar-refractivity contribution < 1.29 is 13.2 Å². The molecular weight excluding hydrogens is 320 g/mol. The molecule has 8 heteroatoms. The number of nitrogens with zero attached hydrogens (tertiary/aromatic N) is 2. The number of thiocarbonyl (C=S) groups is 1. The molecule has 0 amide bonds. The molecule has 2 nitrogen and oxygen atoms in total. The maximum absolute atomic E-state index is 12.5. The molecule has 0 radical (unpaired) electrons. The highest BCUT2D eigenvalue weighted by molar-refractivity contribution is 7.82. The average molecular weight is 329 g/mol. The van der Waals surface area contributed by atoms with Gasteiger partial charge in [0, 0.05) is 16.6 Å². The Morgan fingerprint density at radius 3 is 2.32 bits per heavy atom. The summed E-state index contributed by atoms with van der Waals surface area (Å²) in [6.45, 7) is 3.29. The van der Waals surface area contributed by atoms with Gasteiger partial charge in [-0.2, -0.15) is 22.8 Å². The minimum absolute atomic E-state index is 0.145. The van der Waals surface area contributed by atoms with Crippen molar-refractivity contribution >= 4 is 51.9 Å². The number of benzene rings is 1. The van der Waals surface area contributed by atoms with Gasteiger partial charge in [0.05, 0.1) is 22.0 Å². The molecule has 1 aromatic rings. The summed E-state index contributed by atoms with van der Waals surface area (Å²) in [5.74, 6) is 0. The van der Waals surface area contributed by atoms with Crippen molar-refractivity contribution in [2.24, 2.45) is 5.10 Å². The van der Waals surface area contributed by atoms with Crippen LogP contribution in [0.5, 0.6) is 0 Å². The standard InChI is InChI=1S/C11H9Cl2F3N2S/c1-6(7(2)19)17-18(13)10-4-3-8(5-9(10)12)11(14,15)16/h3-5H,1-2H3. The van der Waals surface area contributed by atoms with Gasteiger partial charge in [0.15, 0.2) is 0 Å². The van der Waals surface area contributed by atoms with E-state index in [2.05, 4.69) is 5.10 Å². The van der Waals surface area contributed by atoms with E-state index < -0.39 is 11.7 Å². The van der Waals surface area contributed by atoms with Gasteiger partial charge in [-0.05, 0) is 32.0 Å². The maximum atomic E-state index is 12.5. The van der Waals surface area contributed by atoms with E-state index in [1.165, 1.54) is 0 Å². The van der Waals surface area contributed by atoms with Crippen LogP contribution >= 0.6 is 35.6 Å². The second-order valence-corrected chi connectivity index (χ2v) is 5.01. The molecule has 0 unspecified atom stereocenters. The van der Waals surface area contributed by atoms with Crippen LogP contribution in [-0.2, 0) is 6.18 Å². The lowest BCUT2D eigenvalue weighted by molar-refractivity contribution is -0.137. The van der Waals surface area contributed by atoms with Crippen molar-refractivity contribution in [3.8, 4) is 0 Å². The van der Waals surface area contributed by atoms with Gasteiger partial charge >= 0.3 is 6.18 Å². The van der Waals surface area contributed by atoms with Gasteiger partial charge in [0.2, 0.25) is 0 Å². The summed E-state index contributed by atoms with van der Waals surface area (Å²) in [7, 11) is 0.